The van der Waals surface area contributed by atoms with Gasteiger partial charge in [0.1, 0.15) is 5.82 Å². The Bertz CT molecular complexity index is 713. The summed E-state index contributed by atoms with van der Waals surface area (Å²) in [6.45, 7) is 2.29. The summed E-state index contributed by atoms with van der Waals surface area (Å²) in [6.07, 6.45) is 3.38. The molecule has 1 amide bonds. The Hall–Kier alpha value is -1.99. The number of nitrogens with zero attached hydrogens (tertiary/aromatic N) is 2. The molecule has 0 aliphatic carbocycles. The van der Waals surface area contributed by atoms with Crippen LogP contribution < -0.4 is 0 Å². The maximum absolute atomic E-state index is 13.7. The molecule has 0 aromatic heterocycles. The van der Waals surface area contributed by atoms with Gasteiger partial charge in [-0.1, -0.05) is 18.2 Å². The highest BCUT2D eigenvalue weighted by Crippen LogP contribution is 2.54. The van der Waals surface area contributed by atoms with E-state index >= 15 is 0 Å². The van der Waals surface area contributed by atoms with E-state index in [4.69, 9.17) is 14.6 Å². The van der Waals surface area contributed by atoms with E-state index in [2.05, 4.69) is 19.0 Å². The fourth-order valence-electron chi connectivity index (χ4n) is 5.15. The maximum atomic E-state index is 13.7. The average Bonchev–Trinajstić information content (AvgIpc) is 3.31. The van der Waals surface area contributed by atoms with Crippen LogP contribution in [0.5, 0.6) is 0 Å². The first-order chi connectivity index (χ1) is 13.4. The van der Waals surface area contributed by atoms with Gasteiger partial charge in [0.05, 0.1) is 18.2 Å². The molecule has 1 aromatic rings. The molecule has 3 aliphatic rings. The van der Waals surface area contributed by atoms with Gasteiger partial charge in [0.15, 0.2) is 0 Å². The number of likely N-dealkylation sites (tertiary alicyclic amines) is 1. The molecule has 1 N–H and O–H groups in total. The van der Waals surface area contributed by atoms with Gasteiger partial charge in [0, 0.05) is 31.3 Å². The molecule has 1 aromatic carbocycles. The van der Waals surface area contributed by atoms with E-state index in [1.165, 1.54) is 6.07 Å². The van der Waals surface area contributed by atoms with Crippen molar-refractivity contribution in [2.45, 2.75) is 37.4 Å². The van der Waals surface area contributed by atoms with Gasteiger partial charge in [-0.25, -0.2) is 4.39 Å². The molecule has 0 radical (unpaired) electrons. The van der Waals surface area contributed by atoms with E-state index in [9.17, 15) is 9.18 Å². The van der Waals surface area contributed by atoms with E-state index in [0.29, 0.717) is 42.9 Å². The Morgan fingerprint density at radius 2 is 2.14 bits per heavy atom. The molecule has 3 fully saturated rings. The van der Waals surface area contributed by atoms with Gasteiger partial charge < -0.3 is 19.6 Å². The Morgan fingerprint density at radius 3 is 2.82 bits per heavy atom. The maximum Gasteiger partial charge on any atom is 0.290 e. The number of aryl methyl sites for hydroxylation is 1. The monoisotopic (exact) mass is 392 g/mol. The largest absolute Gasteiger partial charge is 0.483 e. The lowest BCUT2D eigenvalue weighted by molar-refractivity contribution is -0.131. The molecule has 4 rings (SSSR count). The van der Waals surface area contributed by atoms with Gasteiger partial charge in [0.2, 0.25) is 5.91 Å². The van der Waals surface area contributed by atoms with Crippen LogP contribution in [-0.4, -0.2) is 72.7 Å². The Labute approximate surface area is 165 Å². The van der Waals surface area contributed by atoms with Gasteiger partial charge in [0.25, 0.3) is 6.47 Å². The van der Waals surface area contributed by atoms with Crippen molar-refractivity contribution < 1.29 is 23.8 Å². The number of halogens is 1. The quantitative estimate of drug-likeness (QED) is 0.777. The van der Waals surface area contributed by atoms with E-state index in [1.807, 2.05) is 11.0 Å². The van der Waals surface area contributed by atoms with Gasteiger partial charge in [-0.15, -0.1) is 0 Å². The number of carbonyl (C=O) groups is 2. The van der Waals surface area contributed by atoms with Crippen molar-refractivity contribution >= 4 is 12.4 Å². The molecule has 0 unspecified atom stereocenters. The van der Waals surface area contributed by atoms with Crippen molar-refractivity contribution in [3.63, 3.8) is 0 Å². The summed E-state index contributed by atoms with van der Waals surface area (Å²) in [5.41, 5.74) is 0.509. The Balaban J connectivity index is 0.000000706. The third kappa shape index (κ3) is 4.05. The Morgan fingerprint density at radius 1 is 1.43 bits per heavy atom. The molecule has 154 valence electrons. The summed E-state index contributed by atoms with van der Waals surface area (Å²) in [5, 5.41) is 6.89. The van der Waals surface area contributed by atoms with Crippen LogP contribution in [0.25, 0.3) is 0 Å². The lowest BCUT2D eigenvalue weighted by Gasteiger charge is -2.30. The first-order valence-corrected chi connectivity index (χ1v) is 9.82. The third-order valence-electron chi connectivity index (χ3n) is 6.28. The molecule has 3 heterocycles. The minimum Gasteiger partial charge on any atom is -0.483 e. The predicted molar refractivity (Wildman–Crippen MR) is 102 cm³/mol. The van der Waals surface area contributed by atoms with Gasteiger partial charge in [-0.05, 0) is 45.0 Å². The third-order valence-corrected chi connectivity index (χ3v) is 6.28. The van der Waals surface area contributed by atoms with Crippen LogP contribution in [0.1, 0.15) is 24.8 Å². The standard InChI is InChI=1S/C20H27FN2O2.CH2O2/c1-22(2)11-15-16-12-23(13-20(16)10-9-18(15)25-20)19(24)8-7-14-5-3-4-6-17(14)21;2-1-3/h3-6,15-16,18H,7-13H2,1-2H3;1H,(H,2,3)/t15-,16+,18+,20+;/m0./s1. The first-order valence-electron chi connectivity index (χ1n) is 9.82. The van der Waals surface area contributed by atoms with E-state index in [1.54, 1.807) is 12.1 Å². The van der Waals surface area contributed by atoms with Crippen LogP contribution in [0, 0.1) is 17.7 Å². The molecule has 6 nitrogen and oxygen atoms in total. The lowest BCUT2D eigenvalue weighted by atomic mass is 9.73. The van der Waals surface area contributed by atoms with Crippen LogP contribution in [0.2, 0.25) is 0 Å². The van der Waals surface area contributed by atoms with Crippen LogP contribution in [-0.2, 0) is 20.7 Å². The molecular weight excluding hydrogens is 363 g/mol. The van der Waals surface area contributed by atoms with Crippen LogP contribution >= 0.6 is 0 Å². The number of hydrogen-bond donors (Lipinski definition) is 1. The summed E-state index contributed by atoms with van der Waals surface area (Å²) in [5.74, 6) is 0.877. The number of benzene rings is 1. The predicted octanol–water partition coefficient (Wildman–Crippen LogP) is 2.03. The molecule has 28 heavy (non-hydrogen) atoms. The highest BCUT2D eigenvalue weighted by atomic mass is 19.1. The molecule has 7 heteroatoms. The summed E-state index contributed by atoms with van der Waals surface area (Å²) in [7, 11) is 4.20. The molecule has 2 bridgehead atoms. The lowest BCUT2D eigenvalue weighted by Crippen LogP contribution is -2.40. The fraction of sp³-hybridized carbons (Fsp3) is 0.619. The van der Waals surface area contributed by atoms with Crippen molar-refractivity contribution in [1.29, 1.82) is 0 Å². The van der Waals surface area contributed by atoms with Crippen molar-refractivity contribution in [3.8, 4) is 0 Å². The average molecular weight is 392 g/mol. The van der Waals surface area contributed by atoms with E-state index in [-0.39, 0.29) is 23.8 Å². The summed E-state index contributed by atoms with van der Waals surface area (Å²) >= 11 is 0. The second kappa shape index (κ2) is 8.57. The summed E-state index contributed by atoms with van der Waals surface area (Å²) in [6, 6.07) is 6.72. The van der Waals surface area contributed by atoms with Crippen LogP contribution in [0.4, 0.5) is 4.39 Å². The number of fused-ring (bicyclic) bond motifs is 1. The van der Waals surface area contributed by atoms with Gasteiger partial charge >= 0.3 is 0 Å². The number of hydrogen-bond acceptors (Lipinski definition) is 4. The highest BCUT2D eigenvalue weighted by molar-refractivity contribution is 5.77. The van der Waals surface area contributed by atoms with Crippen molar-refractivity contribution in [1.82, 2.24) is 9.80 Å². The van der Waals surface area contributed by atoms with Gasteiger partial charge in [-0.3, -0.25) is 9.59 Å². The molecule has 3 aliphatic heterocycles. The Kier molecular flexibility index (Phi) is 6.35. The van der Waals surface area contributed by atoms with Crippen molar-refractivity contribution in [2.24, 2.45) is 11.8 Å². The first kappa shape index (κ1) is 20.7. The minimum absolute atomic E-state index is 0.112. The molecule has 1 spiro atoms. The molecule has 3 saturated heterocycles. The SMILES string of the molecule is CN(C)C[C@H]1[C@H]2CN(C(=O)CCc3ccccc3F)C[C@]23CC[C@H]1O3.O=CO. The van der Waals surface area contributed by atoms with Crippen molar-refractivity contribution in [3.05, 3.63) is 35.6 Å². The molecule has 0 saturated carbocycles. The van der Waals surface area contributed by atoms with E-state index < -0.39 is 0 Å². The normalized spacial score (nSPS) is 30.1. The summed E-state index contributed by atoms with van der Waals surface area (Å²) in [4.78, 5) is 25.3. The van der Waals surface area contributed by atoms with Crippen LogP contribution in [0.3, 0.4) is 0 Å². The second-order valence-corrected chi connectivity index (χ2v) is 8.26. The van der Waals surface area contributed by atoms with Crippen molar-refractivity contribution in [2.75, 3.05) is 33.7 Å². The molecule has 4 atom stereocenters. The minimum atomic E-state index is -0.250. The smallest absolute Gasteiger partial charge is 0.290 e. The van der Waals surface area contributed by atoms with Crippen LogP contribution in [0.15, 0.2) is 24.3 Å². The van der Waals surface area contributed by atoms with E-state index in [0.717, 1.165) is 25.9 Å². The number of rotatable bonds is 5. The zero-order valence-corrected chi connectivity index (χ0v) is 16.5. The fourth-order valence-corrected chi connectivity index (χ4v) is 5.15. The number of carboxylic acid groups (broad SMARTS) is 1. The molecular formula is C21H29FN2O4. The van der Waals surface area contributed by atoms with Gasteiger partial charge in [-0.2, -0.15) is 0 Å². The number of carbonyl (C=O) groups excluding carboxylic acids is 1. The number of ether oxygens (including phenoxy) is 1. The highest BCUT2D eigenvalue weighted by Gasteiger charge is 2.63. The summed E-state index contributed by atoms with van der Waals surface area (Å²) < 4.78 is 20.1. The second-order valence-electron chi connectivity index (χ2n) is 8.26. The number of amides is 1. The zero-order valence-electron chi connectivity index (χ0n) is 16.5. The topological polar surface area (TPSA) is 70.1 Å². The zero-order chi connectivity index (χ0) is 20.3.